The zero-order valence-corrected chi connectivity index (χ0v) is 15.8. The summed E-state index contributed by atoms with van der Waals surface area (Å²) in [7, 11) is 0. The summed E-state index contributed by atoms with van der Waals surface area (Å²) in [6.07, 6.45) is -0.355. The number of carbonyl (C=O) groups excluding carboxylic acids is 1. The molecular formula is C19H14F4N6O2. The Bertz CT molecular complexity index is 1150. The van der Waals surface area contributed by atoms with Gasteiger partial charge in [-0.15, -0.1) is 10.2 Å². The fraction of sp³-hybridized carbons (Fsp3) is 0.316. The molecule has 1 saturated heterocycles. The number of hydrogen-bond acceptors (Lipinski definition) is 6. The van der Waals surface area contributed by atoms with Crippen molar-refractivity contribution < 1.29 is 27.1 Å². The van der Waals surface area contributed by atoms with E-state index in [0.717, 1.165) is 12.1 Å². The van der Waals surface area contributed by atoms with Crippen LogP contribution in [0.25, 0.3) is 11.5 Å². The minimum absolute atomic E-state index is 0.0570. The van der Waals surface area contributed by atoms with Gasteiger partial charge in [0.25, 0.3) is 5.91 Å². The van der Waals surface area contributed by atoms with Crippen LogP contribution in [0.3, 0.4) is 0 Å². The fourth-order valence-corrected chi connectivity index (χ4v) is 3.99. The van der Waals surface area contributed by atoms with Gasteiger partial charge in [-0.2, -0.15) is 13.2 Å². The second kappa shape index (κ2) is 7.08. The van der Waals surface area contributed by atoms with E-state index in [9.17, 15) is 22.4 Å². The van der Waals surface area contributed by atoms with Gasteiger partial charge in [0.1, 0.15) is 17.6 Å². The van der Waals surface area contributed by atoms with Crippen LogP contribution in [0, 0.1) is 5.82 Å². The molecule has 0 N–H and O–H groups in total. The Kier molecular flexibility index (Phi) is 4.46. The van der Waals surface area contributed by atoms with Crippen molar-refractivity contribution in [2.24, 2.45) is 0 Å². The summed E-state index contributed by atoms with van der Waals surface area (Å²) in [6, 6.07) is 1.40. The topological polar surface area (TPSA) is 86.0 Å². The van der Waals surface area contributed by atoms with E-state index < -0.39 is 41.1 Å². The normalized spacial score (nSPS) is 20.5. The first-order chi connectivity index (χ1) is 14.9. The Morgan fingerprint density at radius 2 is 2.00 bits per heavy atom. The van der Waals surface area contributed by atoms with Crippen LogP contribution in [0.15, 0.2) is 36.8 Å². The largest absolute Gasteiger partial charge is 0.419 e. The Morgan fingerprint density at radius 3 is 2.74 bits per heavy atom. The first kappa shape index (κ1) is 19.5. The van der Waals surface area contributed by atoms with E-state index in [1.807, 2.05) is 0 Å². The number of ether oxygens (including phenoxy) is 1. The second-order valence-electron chi connectivity index (χ2n) is 7.17. The number of halogens is 4. The Morgan fingerprint density at radius 1 is 1.16 bits per heavy atom. The fourth-order valence-electron chi connectivity index (χ4n) is 3.99. The van der Waals surface area contributed by atoms with E-state index in [1.165, 1.54) is 23.5 Å². The molecule has 1 amide bonds. The van der Waals surface area contributed by atoms with Gasteiger partial charge < -0.3 is 14.2 Å². The molecule has 0 aliphatic carbocycles. The number of benzene rings is 1. The number of amides is 1. The van der Waals surface area contributed by atoms with Crippen molar-refractivity contribution in [2.45, 2.75) is 24.8 Å². The van der Waals surface area contributed by atoms with Crippen LogP contribution in [-0.2, 0) is 17.5 Å². The van der Waals surface area contributed by atoms with E-state index in [2.05, 4.69) is 20.2 Å². The third-order valence-electron chi connectivity index (χ3n) is 5.35. The van der Waals surface area contributed by atoms with E-state index in [-0.39, 0.29) is 19.8 Å². The predicted octanol–water partition coefficient (Wildman–Crippen LogP) is 2.49. The quantitative estimate of drug-likeness (QED) is 0.576. The lowest BCUT2D eigenvalue weighted by Crippen LogP contribution is -2.56. The van der Waals surface area contributed by atoms with Crippen LogP contribution in [-0.4, -0.2) is 54.8 Å². The predicted molar refractivity (Wildman–Crippen MR) is 96.0 cm³/mol. The molecule has 2 bridgehead atoms. The summed E-state index contributed by atoms with van der Waals surface area (Å²) >= 11 is 0. The van der Waals surface area contributed by atoms with Gasteiger partial charge in [0.2, 0.25) is 0 Å². The third-order valence-corrected chi connectivity index (χ3v) is 5.35. The molecule has 0 saturated carbocycles. The molecule has 2 aliphatic rings. The van der Waals surface area contributed by atoms with Gasteiger partial charge in [0.05, 0.1) is 36.6 Å². The maximum atomic E-state index is 14.6. The number of morpholine rings is 1. The second-order valence-corrected chi connectivity index (χ2v) is 7.17. The van der Waals surface area contributed by atoms with Gasteiger partial charge in [0.15, 0.2) is 11.6 Å². The highest BCUT2D eigenvalue weighted by atomic mass is 19.4. The molecular weight excluding hydrogens is 420 g/mol. The van der Waals surface area contributed by atoms with Gasteiger partial charge in [-0.1, -0.05) is 6.07 Å². The lowest BCUT2D eigenvalue weighted by molar-refractivity contribution is -0.140. The molecule has 0 spiro atoms. The summed E-state index contributed by atoms with van der Waals surface area (Å²) in [4.78, 5) is 22.8. The molecule has 2 atom stereocenters. The van der Waals surface area contributed by atoms with Gasteiger partial charge >= 0.3 is 6.18 Å². The van der Waals surface area contributed by atoms with Crippen molar-refractivity contribution in [3.05, 3.63) is 59.6 Å². The third kappa shape index (κ3) is 3.14. The number of carbonyl (C=O) groups is 1. The molecule has 160 valence electrons. The number of rotatable bonds is 2. The Labute approximate surface area is 172 Å². The molecule has 3 aromatic rings. The minimum Gasteiger partial charge on any atom is -0.377 e. The molecule has 1 aromatic carbocycles. The zero-order chi connectivity index (χ0) is 21.8. The highest BCUT2D eigenvalue weighted by Gasteiger charge is 2.45. The standard InChI is InChI=1S/C19H14F4N6O2/c20-15-11(2-1-3-12(15)19(21,22)23)18(30)29-10-7-28-16(13-6-24-4-5-25-13)26-27-17(28)14(29)9-31-8-10/h1-6,10,14H,7-9H2/t10-,14-/m1/s1. The molecule has 31 heavy (non-hydrogen) atoms. The lowest BCUT2D eigenvalue weighted by atomic mass is 10.0. The molecule has 12 heteroatoms. The molecule has 4 heterocycles. The van der Waals surface area contributed by atoms with E-state index in [4.69, 9.17) is 4.74 Å². The van der Waals surface area contributed by atoms with Gasteiger partial charge in [-0.25, -0.2) is 9.37 Å². The monoisotopic (exact) mass is 434 g/mol. The first-order valence-corrected chi connectivity index (χ1v) is 9.32. The van der Waals surface area contributed by atoms with Crippen LogP contribution < -0.4 is 0 Å². The van der Waals surface area contributed by atoms with Crippen molar-refractivity contribution in [1.82, 2.24) is 29.6 Å². The van der Waals surface area contributed by atoms with E-state index >= 15 is 0 Å². The van der Waals surface area contributed by atoms with Crippen LogP contribution in [0.2, 0.25) is 0 Å². The molecule has 2 aliphatic heterocycles. The SMILES string of the molecule is O=C(c1cccc(C(F)(F)F)c1F)N1[C@H]2COC[C@@H]1c1nnc(-c3cnccn3)n1C2. The first-order valence-electron chi connectivity index (χ1n) is 9.32. The van der Waals surface area contributed by atoms with Crippen LogP contribution >= 0.6 is 0 Å². The maximum absolute atomic E-state index is 14.6. The molecule has 5 rings (SSSR count). The highest BCUT2D eigenvalue weighted by Crippen LogP contribution is 2.37. The highest BCUT2D eigenvalue weighted by molar-refractivity contribution is 5.95. The number of alkyl halides is 3. The van der Waals surface area contributed by atoms with Crippen molar-refractivity contribution in [3.8, 4) is 11.5 Å². The molecule has 0 radical (unpaired) electrons. The number of aromatic nitrogens is 5. The number of hydrogen-bond donors (Lipinski definition) is 0. The average molecular weight is 434 g/mol. The van der Waals surface area contributed by atoms with Gasteiger partial charge in [-0.3, -0.25) is 9.78 Å². The Balaban J connectivity index is 1.55. The van der Waals surface area contributed by atoms with Crippen molar-refractivity contribution in [3.63, 3.8) is 0 Å². The lowest BCUT2D eigenvalue weighted by Gasteiger charge is -2.45. The number of fused-ring (bicyclic) bond motifs is 4. The molecule has 0 unspecified atom stereocenters. The number of nitrogens with zero attached hydrogens (tertiary/aromatic N) is 6. The smallest absolute Gasteiger partial charge is 0.377 e. The minimum atomic E-state index is -4.91. The van der Waals surface area contributed by atoms with Crippen molar-refractivity contribution >= 4 is 5.91 Å². The summed E-state index contributed by atoms with van der Waals surface area (Å²) in [5.74, 6) is -1.60. The van der Waals surface area contributed by atoms with Crippen molar-refractivity contribution in [2.75, 3.05) is 13.2 Å². The molecule has 1 fully saturated rings. The molecule has 8 nitrogen and oxygen atoms in total. The summed E-state index contributed by atoms with van der Waals surface area (Å²) < 4.78 is 61.3. The zero-order valence-electron chi connectivity index (χ0n) is 15.8. The van der Waals surface area contributed by atoms with Crippen molar-refractivity contribution in [1.29, 1.82) is 0 Å². The van der Waals surface area contributed by atoms with Crippen LogP contribution in [0.5, 0.6) is 0 Å². The maximum Gasteiger partial charge on any atom is 0.419 e. The van der Waals surface area contributed by atoms with Crippen LogP contribution in [0.1, 0.15) is 27.8 Å². The summed E-state index contributed by atoms with van der Waals surface area (Å²) in [5, 5.41) is 8.31. The summed E-state index contributed by atoms with van der Waals surface area (Å²) in [6.45, 7) is 0.416. The average Bonchev–Trinajstić information content (AvgIpc) is 3.16. The Hall–Kier alpha value is -3.41. The van der Waals surface area contributed by atoms with E-state index in [1.54, 1.807) is 4.57 Å². The van der Waals surface area contributed by atoms with E-state index in [0.29, 0.717) is 23.4 Å². The van der Waals surface area contributed by atoms with Gasteiger partial charge in [0, 0.05) is 18.9 Å². The summed E-state index contributed by atoms with van der Waals surface area (Å²) in [5.41, 5.74) is -1.64. The molecule has 2 aromatic heterocycles. The van der Waals surface area contributed by atoms with Gasteiger partial charge in [-0.05, 0) is 12.1 Å². The van der Waals surface area contributed by atoms with Crippen LogP contribution in [0.4, 0.5) is 17.6 Å².